The first kappa shape index (κ1) is 10.4. The summed E-state index contributed by atoms with van der Waals surface area (Å²) in [5, 5.41) is 3.69. The number of nitrogens with zero attached hydrogens (tertiary/aromatic N) is 1. The van der Waals surface area contributed by atoms with Crippen molar-refractivity contribution in [2.24, 2.45) is 28.0 Å². The Labute approximate surface area is 80.6 Å². The highest BCUT2D eigenvalue weighted by Crippen LogP contribution is 2.43. The normalized spacial score (nSPS) is 22.5. The second-order valence-electron chi connectivity index (χ2n) is 4.60. The van der Waals surface area contributed by atoms with Crippen LogP contribution in [0.2, 0.25) is 0 Å². The van der Waals surface area contributed by atoms with Crippen LogP contribution in [-0.4, -0.2) is 5.84 Å². The van der Waals surface area contributed by atoms with E-state index in [-0.39, 0.29) is 5.41 Å². The topological polar surface area (TPSA) is 64.4 Å². The lowest BCUT2D eigenvalue weighted by Gasteiger charge is -2.29. The molecule has 0 atom stereocenters. The lowest BCUT2D eigenvalue weighted by atomic mass is 9.77. The van der Waals surface area contributed by atoms with Gasteiger partial charge >= 0.3 is 0 Å². The van der Waals surface area contributed by atoms with Crippen molar-refractivity contribution >= 4 is 5.84 Å². The largest absolute Gasteiger partial charge is 0.385 e. The highest BCUT2D eigenvalue weighted by Gasteiger charge is 2.38. The fourth-order valence-electron chi connectivity index (χ4n) is 2.54. The van der Waals surface area contributed by atoms with E-state index in [1.807, 2.05) is 0 Å². The molecule has 1 rings (SSSR count). The molecule has 0 aromatic carbocycles. The van der Waals surface area contributed by atoms with Gasteiger partial charge in [0, 0.05) is 5.41 Å². The Morgan fingerprint density at radius 3 is 2.31 bits per heavy atom. The summed E-state index contributed by atoms with van der Waals surface area (Å²) >= 11 is 0. The molecule has 1 aliphatic carbocycles. The van der Waals surface area contributed by atoms with Crippen molar-refractivity contribution in [2.45, 2.75) is 46.0 Å². The molecule has 1 aliphatic rings. The predicted octanol–water partition coefficient (Wildman–Crippen LogP) is 1.82. The van der Waals surface area contributed by atoms with Crippen LogP contribution < -0.4 is 11.6 Å². The summed E-state index contributed by atoms with van der Waals surface area (Å²) in [6.07, 6.45) is 5.99. The molecular weight excluding hydrogens is 162 g/mol. The Kier molecular flexibility index (Phi) is 3.17. The number of hydrogen-bond acceptors (Lipinski definition) is 2. The molecule has 0 saturated heterocycles. The van der Waals surface area contributed by atoms with Crippen molar-refractivity contribution in [2.75, 3.05) is 0 Å². The Morgan fingerprint density at radius 1 is 1.38 bits per heavy atom. The number of amidine groups is 1. The molecule has 0 amide bonds. The third-order valence-corrected chi connectivity index (χ3v) is 3.04. The molecule has 1 saturated carbocycles. The zero-order valence-electron chi connectivity index (χ0n) is 8.71. The molecule has 1 fully saturated rings. The number of rotatable bonds is 3. The minimum Gasteiger partial charge on any atom is -0.385 e. The molecule has 0 aromatic heterocycles. The Morgan fingerprint density at radius 2 is 1.92 bits per heavy atom. The van der Waals surface area contributed by atoms with Crippen molar-refractivity contribution < 1.29 is 0 Å². The maximum absolute atomic E-state index is 5.89. The Balaban J connectivity index is 2.75. The maximum atomic E-state index is 5.89. The van der Waals surface area contributed by atoms with Crippen LogP contribution in [0.5, 0.6) is 0 Å². The monoisotopic (exact) mass is 183 g/mol. The van der Waals surface area contributed by atoms with Gasteiger partial charge in [-0.3, -0.25) is 0 Å². The van der Waals surface area contributed by atoms with E-state index < -0.39 is 0 Å². The summed E-state index contributed by atoms with van der Waals surface area (Å²) in [7, 11) is 0. The first-order chi connectivity index (χ1) is 6.10. The predicted molar refractivity (Wildman–Crippen MR) is 56.2 cm³/mol. The molecule has 76 valence electrons. The highest BCUT2D eigenvalue weighted by molar-refractivity contribution is 5.86. The van der Waals surface area contributed by atoms with E-state index in [2.05, 4.69) is 18.9 Å². The van der Waals surface area contributed by atoms with Gasteiger partial charge in [-0.2, -0.15) is 5.10 Å². The van der Waals surface area contributed by atoms with E-state index in [0.29, 0.717) is 11.8 Å². The van der Waals surface area contributed by atoms with Gasteiger partial charge in [0.15, 0.2) is 0 Å². The zero-order valence-corrected chi connectivity index (χ0v) is 8.71. The van der Waals surface area contributed by atoms with Gasteiger partial charge in [0.25, 0.3) is 0 Å². The van der Waals surface area contributed by atoms with Crippen LogP contribution >= 0.6 is 0 Å². The molecule has 4 N–H and O–H groups in total. The van der Waals surface area contributed by atoms with Gasteiger partial charge in [-0.1, -0.05) is 26.7 Å². The van der Waals surface area contributed by atoms with Gasteiger partial charge in [0.1, 0.15) is 5.84 Å². The molecule has 0 bridgehead atoms. The average molecular weight is 183 g/mol. The standard InChI is InChI=1S/C10H21N3/c1-8(2)7-10(9(11)13-12)5-3-4-6-10/h8H,3-7,12H2,1-2H3,(H2,11,13). The highest BCUT2D eigenvalue weighted by atomic mass is 15.2. The van der Waals surface area contributed by atoms with Crippen LogP contribution in [0.1, 0.15) is 46.0 Å². The molecule has 3 heteroatoms. The van der Waals surface area contributed by atoms with E-state index >= 15 is 0 Å². The fraction of sp³-hybridized carbons (Fsp3) is 0.900. The van der Waals surface area contributed by atoms with E-state index in [0.717, 1.165) is 19.3 Å². The SMILES string of the molecule is CC(C)CC1(C(N)=NN)CCCC1. The lowest BCUT2D eigenvalue weighted by Crippen LogP contribution is -2.37. The second kappa shape index (κ2) is 3.99. The van der Waals surface area contributed by atoms with Crippen molar-refractivity contribution in [3.8, 4) is 0 Å². The molecule has 0 aliphatic heterocycles. The van der Waals surface area contributed by atoms with Crippen LogP contribution in [-0.2, 0) is 0 Å². The van der Waals surface area contributed by atoms with Gasteiger partial charge in [-0.15, -0.1) is 0 Å². The maximum Gasteiger partial charge on any atom is 0.125 e. The molecule has 0 unspecified atom stereocenters. The second-order valence-corrected chi connectivity index (χ2v) is 4.60. The summed E-state index contributed by atoms with van der Waals surface area (Å²) in [5.41, 5.74) is 6.01. The minimum atomic E-state index is 0.128. The zero-order chi connectivity index (χ0) is 9.90. The van der Waals surface area contributed by atoms with Gasteiger partial charge in [0.05, 0.1) is 0 Å². The lowest BCUT2D eigenvalue weighted by molar-refractivity contribution is 0.336. The summed E-state index contributed by atoms with van der Waals surface area (Å²) < 4.78 is 0. The first-order valence-corrected chi connectivity index (χ1v) is 5.14. The molecule has 0 spiro atoms. The van der Waals surface area contributed by atoms with Crippen LogP contribution in [0.3, 0.4) is 0 Å². The number of hydrogen-bond donors (Lipinski definition) is 2. The summed E-state index contributed by atoms with van der Waals surface area (Å²) in [6.45, 7) is 4.45. The molecule has 3 nitrogen and oxygen atoms in total. The summed E-state index contributed by atoms with van der Waals surface area (Å²) in [4.78, 5) is 0. The fourth-order valence-corrected chi connectivity index (χ4v) is 2.54. The van der Waals surface area contributed by atoms with Crippen LogP contribution in [0.15, 0.2) is 5.10 Å². The third kappa shape index (κ3) is 2.14. The van der Waals surface area contributed by atoms with E-state index in [1.54, 1.807) is 0 Å². The van der Waals surface area contributed by atoms with Crippen LogP contribution in [0.4, 0.5) is 0 Å². The average Bonchev–Trinajstić information content (AvgIpc) is 2.51. The minimum absolute atomic E-state index is 0.128. The first-order valence-electron chi connectivity index (χ1n) is 5.14. The van der Waals surface area contributed by atoms with Crippen molar-refractivity contribution in [3.05, 3.63) is 0 Å². The van der Waals surface area contributed by atoms with E-state index in [9.17, 15) is 0 Å². The number of hydrazone groups is 1. The van der Waals surface area contributed by atoms with Crippen LogP contribution in [0, 0.1) is 11.3 Å². The molecule has 13 heavy (non-hydrogen) atoms. The Hall–Kier alpha value is -0.730. The van der Waals surface area contributed by atoms with Gasteiger partial charge in [-0.05, 0) is 25.2 Å². The number of nitrogens with two attached hydrogens (primary N) is 2. The van der Waals surface area contributed by atoms with E-state index in [4.69, 9.17) is 11.6 Å². The van der Waals surface area contributed by atoms with Gasteiger partial charge < -0.3 is 11.6 Å². The Bertz CT molecular complexity index is 190. The van der Waals surface area contributed by atoms with Crippen molar-refractivity contribution in [1.82, 2.24) is 0 Å². The third-order valence-electron chi connectivity index (χ3n) is 3.04. The van der Waals surface area contributed by atoms with Gasteiger partial charge in [0.2, 0.25) is 0 Å². The van der Waals surface area contributed by atoms with Crippen molar-refractivity contribution in [3.63, 3.8) is 0 Å². The summed E-state index contributed by atoms with van der Waals surface area (Å²) in [5.74, 6) is 6.61. The van der Waals surface area contributed by atoms with E-state index in [1.165, 1.54) is 12.8 Å². The summed E-state index contributed by atoms with van der Waals surface area (Å²) in [6, 6.07) is 0. The van der Waals surface area contributed by atoms with Crippen molar-refractivity contribution in [1.29, 1.82) is 0 Å². The molecule has 0 radical (unpaired) electrons. The van der Waals surface area contributed by atoms with Gasteiger partial charge in [-0.25, -0.2) is 0 Å². The quantitative estimate of drug-likeness (QED) is 0.303. The smallest absolute Gasteiger partial charge is 0.125 e. The molecule has 0 heterocycles. The molecule has 0 aromatic rings. The van der Waals surface area contributed by atoms with Crippen LogP contribution in [0.25, 0.3) is 0 Å². The molecular formula is C10H21N3.